The van der Waals surface area contributed by atoms with Crippen molar-refractivity contribution in [2.24, 2.45) is 17.8 Å². The molecule has 1 aromatic rings. The van der Waals surface area contributed by atoms with Crippen LogP contribution in [0.5, 0.6) is 5.75 Å². The Morgan fingerprint density at radius 2 is 1.89 bits per heavy atom. The molecular weight excluding hydrogens is 236 g/mol. The maximum atomic E-state index is 10.7. The number of rotatable bonds is 2. The molecule has 4 rings (SSSR count). The summed E-state index contributed by atoms with van der Waals surface area (Å²) < 4.78 is 5.65. The van der Waals surface area contributed by atoms with E-state index in [2.05, 4.69) is 18.2 Å². The van der Waals surface area contributed by atoms with Crippen molar-refractivity contribution in [3.05, 3.63) is 29.3 Å². The first-order valence-corrected chi connectivity index (χ1v) is 7.78. The summed E-state index contributed by atoms with van der Waals surface area (Å²) in [6.45, 7) is 0.835. The summed E-state index contributed by atoms with van der Waals surface area (Å²) in [7, 11) is 0. The molecular formula is C17H22O2. The molecule has 1 N–H and O–H groups in total. The van der Waals surface area contributed by atoms with Gasteiger partial charge in [0.25, 0.3) is 0 Å². The van der Waals surface area contributed by atoms with E-state index >= 15 is 0 Å². The van der Waals surface area contributed by atoms with Crippen LogP contribution in [0.15, 0.2) is 18.2 Å². The third kappa shape index (κ3) is 1.97. The monoisotopic (exact) mass is 258 g/mol. The number of aryl methyl sites for hydroxylation is 1. The van der Waals surface area contributed by atoms with E-state index < -0.39 is 0 Å². The minimum absolute atomic E-state index is 0.250. The Kier molecular flexibility index (Phi) is 2.80. The zero-order valence-corrected chi connectivity index (χ0v) is 11.3. The Balaban J connectivity index is 1.55. The molecule has 1 heterocycles. The van der Waals surface area contributed by atoms with E-state index in [0.717, 1.165) is 42.6 Å². The van der Waals surface area contributed by atoms with Crippen molar-refractivity contribution in [2.45, 2.75) is 44.6 Å². The summed E-state index contributed by atoms with van der Waals surface area (Å²) in [4.78, 5) is 0. The summed E-state index contributed by atoms with van der Waals surface area (Å²) in [6.07, 6.45) is 7.33. The fourth-order valence-corrected chi connectivity index (χ4v) is 4.30. The lowest BCUT2D eigenvalue weighted by Crippen LogP contribution is -2.10. The van der Waals surface area contributed by atoms with Gasteiger partial charge in [0.05, 0.1) is 12.7 Å². The Bertz CT molecular complexity index is 470. The van der Waals surface area contributed by atoms with Gasteiger partial charge in [0, 0.05) is 0 Å². The van der Waals surface area contributed by atoms with Gasteiger partial charge < -0.3 is 9.84 Å². The molecule has 19 heavy (non-hydrogen) atoms. The quantitative estimate of drug-likeness (QED) is 0.880. The van der Waals surface area contributed by atoms with Gasteiger partial charge >= 0.3 is 0 Å². The van der Waals surface area contributed by atoms with Crippen LogP contribution in [0, 0.1) is 17.8 Å². The highest BCUT2D eigenvalue weighted by Gasteiger charge is 2.54. The lowest BCUT2D eigenvalue weighted by Gasteiger charge is -2.19. The molecule has 0 spiro atoms. The van der Waals surface area contributed by atoms with E-state index in [9.17, 15) is 5.11 Å². The van der Waals surface area contributed by atoms with Crippen LogP contribution in [-0.2, 0) is 6.42 Å². The van der Waals surface area contributed by atoms with Crippen molar-refractivity contribution in [3.8, 4) is 5.75 Å². The molecule has 102 valence electrons. The number of hydrogen-bond acceptors (Lipinski definition) is 2. The zero-order valence-electron chi connectivity index (χ0n) is 11.3. The Hall–Kier alpha value is -1.02. The molecule has 0 aromatic heterocycles. The van der Waals surface area contributed by atoms with Crippen molar-refractivity contribution in [3.63, 3.8) is 0 Å². The molecule has 0 bridgehead atoms. The fourth-order valence-electron chi connectivity index (χ4n) is 4.30. The summed E-state index contributed by atoms with van der Waals surface area (Å²) in [6, 6.07) is 6.31. The van der Waals surface area contributed by atoms with Crippen LogP contribution >= 0.6 is 0 Å². The van der Waals surface area contributed by atoms with Crippen molar-refractivity contribution in [1.82, 2.24) is 0 Å². The van der Waals surface area contributed by atoms with Gasteiger partial charge in [-0.3, -0.25) is 0 Å². The highest BCUT2D eigenvalue weighted by molar-refractivity contribution is 5.39. The second-order valence-electron chi connectivity index (χ2n) is 6.45. The molecule has 3 aliphatic rings. The molecule has 2 nitrogen and oxygen atoms in total. The largest absolute Gasteiger partial charge is 0.493 e. The van der Waals surface area contributed by atoms with E-state index in [1.54, 1.807) is 0 Å². The second kappa shape index (κ2) is 4.52. The SMILES string of the molecule is OC(c1ccc2c(c1)CCCO2)C1C2CCCCC21. The molecule has 1 aliphatic heterocycles. The number of fused-ring (bicyclic) bond motifs is 2. The first-order valence-electron chi connectivity index (χ1n) is 7.78. The van der Waals surface area contributed by atoms with Gasteiger partial charge in [0.2, 0.25) is 0 Å². The first-order chi connectivity index (χ1) is 9.34. The Morgan fingerprint density at radius 1 is 1.11 bits per heavy atom. The summed E-state index contributed by atoms with van der Waals surface area (Å²) in [5.41, 5.74) is 2.40. The van der Waals surface area contributed by atoms with Gasteiger partial charge in [-0.2, -0.15) is 0 Å². The van der Waals surface area contributed by atoms with Crippen LogP contribution in [0.2, 0.25) is 0 Å². The molecule has 3 atom stereocenters. The minimum Gasteiger partial charge on any atom is -0.493 e. The van der Waals surface area contributed by atoms with Crippen LogP contribution in [0.3, 0.4) is 0 Å². The van der Waals surface area contributed by atoms with Gasteiger partial charge in [-0.15, -0.1) is 0 Å². The number of ether oxygens (including phenoxy) is 1. The standard InChI is InChI=1S/C17H22O2/c18-17(16-13-5-1-2-6-14(13)16)12-7-8-15-11(10-12)4-3-9-19-15/h7-8,10,13-14,16-18H,1-6,9H2. The number of hydrogen-bond donors (Lipinski definition) is 1. The zero-order chi connectivity index (χ0) is 12.8. The predicted molar refractivity (Wildman–Crippen MR) is 74.2 cm³/mol. The minimum atomic E-state index is -0.250. The summed E-state index contributed by atoms with van der Waals surface area (Å²) in [5.74, 6) is 3.16. The molecule has 3 unspecified atom stereocenters. The summed E-state index contributed by atoms with van der Waals surface area (Å²) >= 11 is 0. The van der Waals surface area contributed by atoms with Crippen molar-refractivity contribution in [2.75, 3.05) is 6.61 Å². The molecule has 0 saturated heterocycles. The van der Waals surface area contributed by atoms with Gasteiger partial charge in [0.15, 0.2) is 0 Å². The van der Waals surface area contributed by atoms with Gasteiger partial charge in [-0.05, 0) is 66.7 Å². The van der Waals surface area contributed by atoms with E-state index in [-0.39, 0.29) is 6.10 Å². The van der Waals surface area contributed by atoms with Gasteiger partial charge in [-0.1, -0.05) is 18.9 Å². The lowest BCUT2D eigenvalue weighted by molar-refractivity contribution is 0.142. The fraction of sp³-hybridized carbons (Fsp3) is 0.647. The molecule has 1 aromatic carbocycles. The maximum absolute atomic E-state index is 10.7. The third-order valence-corrected chi connectivity index (χ3v) is 5.36. The van der Waals surface area contributed by atoms with E-state index in [1.165, 1.54) is 31.2 Å². The van der Waals surface area contributed by atoms with Crippen LogP contribution in [-0.4, -0.2) is 11.7 Å². The van der Waals surface area contributed by atoms with Gasteiger partial charge in [0.1, 0.15) is 5.75 Å². The molecule has 0 amide bonds. The number of benzene rings is 1. The molecule has 2 heteroatoms. The predicted octanol–water partition coefficient (Wildman–Crippen LogP) is 3.48. The van der Waals surface area contributed by atoms with Crippen LogP contribution < -0.4 is 4.74 Å². The molecule has 0 radical (unpaired) electrons. The van der Waals surface area contributed by atoms with E-state index in [4.69, 9.17) is 4.74 Å². The first kappa shape index (κ1) is 11.8. The summed E-state index contributed by atoms with van der Waals surface area (Å²) in [5, 5.41) is 10.7. The Labute approximate surface area is 114 Å². The highest BCUT2D eigenvalue weighted by atomic mass is 16.5. The van der Waals surface area contributed by atoms with Crippen LogP contribution in [0.25, 0.3) is 0 Å². The molecule has 2 fully saturated rings. The smallest absolute Gasteiger partial charge is 0.122 e. The third-order valence-electron chi connectivity index (χ3n) is 5.36. The Morgan fingerprint density at radius 3 is 2.68 bits per heavy atom. The van der Waals surface area contributed by atoms with Crippen molar-refractivity contribution >= 4 is 0 Å². The number of aliphatic hydroxyl groups is 1. The lowest BCUT2D eigenvalue weighted by atomic mass is 9.97. The van der Waals surface area contributed by atoms with Crippen molar-refractivity contribution in [1.29, 1.82) is 0 Å². The van der Waals surface area contributed by atoms with E-state index in [1.807, 2.05) is 0 Å². The van der Waals surface area contributed by atoms with Crippen LogP contribution in [0.1, 0.15) is 49.3 Å². The number of aliphatic hydroxyl groups excluding tert-OH is 1. The normalized spacial score (nSPS) is 33.8. The average Bonchev–Trinajstić information content (AvgIpc) is 3.20. The highest BCUT2D eigenvalue weighted by Crippen LogP contribution is 2.60. The molecule has 2 aliphatic carbocycles. The topological polar surface area (TPSA) is 29.5 Å². The van der Waals surface area contributed by atoms with Crippen LogP contribution in [0.4, 0.5) is 0 Å². The second-order valence-corrected chi connectivity index (χ2v) is 6.45. The van der Waals surface area contributed by atoms with Crippen molar-refractivity contribution < 1.29 is 9.84 Å². The van der Waals surface area contributed by atoms with E-state index in [0.29, 0.717) is 5.92 Å². The van der Waals surface area contributed by atoms with Gasteiger partial charge in [-0.25, -0.2) is 0 Å². The maximum Gasteiger partial charge on any atom is 0.122 e. The average molecular weight is 258 g/mol. The molecule has 2 saturated carbocycles.